The number of aromatic nitrogens is 1. The van der Waals surface area contributed by atoms with E-state index < -0.39 is 17.7 Å². The molecular weight excluding hydrogens is 525 g/mol. The number of pyridine rings is 1. The van der Waals surface area contributed by atoms with E-state index in [9.17, 15) is 14.3 Å². The summed E-state index contributed by atoms with van der Waals surface area (Å²) >= 11 is 0. The average Bonchev–Trinajstić information content (AvgIpc) is 3.39. The summed E-state index contributed by atoms with van der Waals surface area (Å²) < 4.78 is 32.6. The number of benzene rings is 1. The van der Waals surface area contributed by atoms with E-state index in [0.29, 0.717) is 44.0 Å². The zero-order chi connectivity index (χ0) is 29.1. The van der Waals surface area contributed by atoms with Gasteiger partial charge in [-0.05, 0) is 82.9 Å². The van der Waals surface area contributed by atoms with E-state index in [1.165, 1.54) is 5.56 Å². The van der Waals surface area contributed by atoms with Gasteiger partial charge >= 0.3 is 5.97 Å². The van der Waals surface area contributed by atoms with Crippen molar-refractivity contribution in [2.75, 3.05) is 45.3 Å². The van der Waals surface area contributed by atoms with Crippen molar-refractivity contribution >= 4 is 11.8 Å². The van der Waals surface area contributed by atoms with E-state index in [0.717, 1.165) is 73.5 Å². The van der Waals surface area contributed by atoms with Gasteiger partial charge in [0.25, 0.3) is 0 Å². The molecule has 3 aliphatic heterocycles. The Morgan fingerprint density at radius 3 is 2.88 bits per heavy atom. The van der Waals surface area contributed by atoms with Crippen LogP contribution in [0.15, 0.2) is 18.2 Å². The van der Waals surface area contributed by atoms with Crippen molar-refractivity contribution in [2.45, 2.75) is 83.5 Å². The van der Waals surface area contributed by atoms with E-state index in [2.05, 4.69) is 11.4 Å². The summed E-state index contributed by atoms with van der Waals surface area (Å²) in [6.45, 7) is 8.12. The molecule has 224 valence electrons. The second kappa shape index (κ2) is 12.5. The lowest BCUT2D eigenvalue weighted by Crippen LogP contribution is -2.38. The lowest BCUT2D eigenvalue weighted by molar-refractivity contribution is -0.143. The standard InChI is InChI=1S/C32H44FN3O5/c1-20-14-26(25-16-21(32(2,3)33)19-41-28(25)15-20)29(31(37)38)36-12-10-23(18-36)40-13-6-5-8-22-17-27(39-4)24-9-7-11-34-30(24)35-22/h14-15,17,21,23,29H,5-13,16,18-19H2,1-4H3,(H,34,35)(H,37,38)/t21?,23-,29+/m1/s1. The number of fused-ring (bicyclic) bond motifs is 2. The maximum atomic E-state index is 14.8. The molecule has 1 fully saturated rings. The number of anilines is 1. The normalized spacial score (nSPS) is 21.4. The number of aliphatic carboxylic acids is 1. The van der Waals surface area contributed by atoms with Crippen molar-refractivity contribution in [1.29, 1.82) is 0 Å². The Hall–Kier alpha value is -2.91. The fourth-order valence-electron chi connectivity index (χ4n) is 6.38. The molecule has 0 radical (unpaired) electrons. The number of aryl methyl sites for hydroxylation is 2. The number of halogens is 1. The van der Waals surface area contributed by atoms with Gasteiger partial charge in [0, 0.05) is 55.0 Å². The van der Waals surface area contributed by atoms with Crippen LogP contribution in [-0.2, 0) is 28.8 Å². The Bertz CT molecular complexity index is 1230. The van der Waals surface area contributed by atoms with Crippen LogP contribution in [-0.4, -0.2) is 72.7 Å². The molecule has 1 aromatic carbocycles. The number of nitrogens with zero attached hydrogens (tertiary/aromatic N) is 2. The molecule has 0 spiro atoms. The van der Waals surface area contributed by atoms with Crippen LogP contribution in [0.5, 0.6) is 11.5 Å². The number of rotatable bonds is 11. The first kappa shape index (κ1) is 29.6. The zero-order valence-corrected chi connectivity index (χ0v) is 24.8. The van der Waals surface area contributed by atoms with Gasteiger partial charge in [0.1, 0.15) is 29.0 Å². The molecule has 0 aliphatic carbocycles. The number of nitrogens with one attached hydrogen (secondary N) is 1. The van der Waals surface area contributed by atoms with Crippen LogP contribution in [0, 0.1) is 12.8 Å². The smallest absolute Gasteiger partial charge is 0.325 e. The summed E-state index contributed by atoms with van der Waals surface area (Å²) in [5, 5.41) is 13.7. The van der Waals surface area contributed by atoms with E-state index in [-0.39, 0.29) is 12.0 Å². The molecule has 0 amide bonds. The van der Waals surface area contributed by atoms with Gasteiger partial charge in [-0.2, -0.15) is 0 Å². The largest absolute Gasteiger partial charge is 0.496 e. The van der Waals surface area contributed by atoms with Crippen molar-refractivity contribution in [3.8, 4) is 11.5 Å². The summed E-state index contributed by atoms with van der Waals surface area (Å²) in [6, 6.07) is 5.10. The number of likely N-dealkylation sites (tertiary alicyclic amines) is 1. The molecule has 3 atom stereocenters. The summed E-state index contributed by atoms with van der Waals surface area (Å²) in [4.78, 5) is 19.4. The number of carboxylic acid groups (broad SMARTS) is 1. The molecule has 5 rings (SSSR count). The third-order valence-corrected chi connectivity index (χ3v) is 8.75. The Kier molecular flexibility index (Phi) is 9.04. The highest BCUT2D eigenvalue weighted by atomic mass is 19.1. The molecule has 9 heteroatoms. The predicted octanol–water partition coefficient (Wildman–Crippen LogP) is 5.30. The van der Waals surface area contributed by atoms with Crippen LogP contribution < -0.4 is 14.8 Å². The van der Waals surface area contributed by atoms with Gasteiger partial charge in [-0.3, -0.25) is 9.69 Å². The van der Waals surface area contributed by atoms with Crippen LogP contribution in [0.2, 0.25) is 0 Å². The topological polar surface area (TPSA) is 93.2 Å². The summed E-state index contributed by atoms with van der Waals surface area (Å²) in [6.07, 6.45) is 6.01. The average molecular weight is 570 g/mol. The lowest BCUT2D eigenvalue weighted by atomic mass is 9.82. The quantitative estimate of drug-likeness (QED) is 0.353. The van der Waals surface area contributed by atoms with E-state index >= 15 is 0 Å². The summed E-state index contributed by atoms with van der Waals surface area (Å²) in [7, 11) is 1.71. The zero-order valence-electron chi connectivity index (χ0n) is 24.8. The molecule has 0 bridgehead atoms. The first-order valence-corrected chi connectivity index (χ1v) is 15.0. The van der Waals surface area contributed by atoms with Gasteiger partial charge in [0.15, 0.2) is 0 Å². The van der Waals surface area contributed by atoms with E-state index in [1.54, 1.807) is 21.0 Å². The number of carbonyl (C=O) groups is 1. The molecule has 0 saturated carbocycles. The first-order valence-electron chi connectivity index (χ1n) is 15.0. The number of hydrogen-bond donors (Lipinski definition) is 2. The number of ether oxygens (including phenoxy) is 3. The highest BCUT2D eigenvalue weighted by molar-refractivity contribution is 5.77. The van der Waals surface area contributed by atoms with Crippen LogP contribution >= 0.6 is 0 Å². The fourth-order valence-corrected chi connectivity index (χ4v) is 6.38. The molecule has 1 unspecified atom stereocenters. The van der Waals surface area contributed by atoms with Crippen molar-refractivity contribution in [3.63, 3.8) is 0 Å². The van der Waals surface area contributed by atoms with Crippen molar-refractivity contribution in [3.05, 3.63) is 46.1 Å². The van der Waals surface area contributed by atoms with Gasteiger partial charge in [-0.1, -0.05) is 6.07 Å². The highest BCUT2D eigenvalue weighted by Crippen LogP contribution is 2.41. The molecule has 4 heterocycles. The van der Waals surface area contributed by atoms with Crippen LogP contribution in [0.3, 0.4) is 0 Å². The van der Waals surface area contributed by atoms with Gasteiger partial charge < -0.3 is 24.6 Å². The molecule has 8 nitrogen and oxygen atoms in total. The van der Waals surface area contributed by atoms with Crippen molar-refractivity contribution in [1.82, 2.24) is 9.88 Å². The van der Waals surface area contributed by atoms with Crippen LogP contribution in [0.4, 0.5) is 10.2 Å². The number of carboxylic acids is 1. The van der Waals surface area contributed by atoms with Crippen LogP contribution in [0.25, 0.3) is 0 Å². The van der Waals surface area contributed by atoms with Crippen LogP contribution in [0.1, 0.15) is 73.5 Å². The lowest BCUT2D eigenvalue weighted by Gasteiger charge is -2.35. The maximum Gasteiger partial charge on any atom is 0.325 e. The minimum absolute atomic E-state index is 0.0163. The number of alkyl halides is 1. The predicted molar refractivity (Wildman–Crippen MR) is 156 cm³/mol. The molecule has 1 aromatic heterocycles. The van der Waals surface area contributed by atoms with E-state index in [1.807, 2.05) is 24.0 Å². The molecule has 3 aliphatic rings. The third-order valence-electron chi connectivity index (χ3n) is 8.75. The first-order chi connectivity index (χ1) is 19.6. The van der Waals surface area contributed by atoms with Gasteiger partial charge in [0.2, 0.25) is 0 Å². The third kappa shape index (κ3) is 6.78. The Balaban J connectivity index is 1.17. The molecular formula is C32H44FN3O5. The fraction of sp³-hybridized carbons (Fsp3) is 0.625. The second-order valence-electron chi connectivity index (χ2n) is 12.3. The minimum Gasteiger partial charge on any atom is -0.496 e. The summed E-state index contributed by atoms with van der Waals surface area (Å²) in [5.74, 6) is 1.32. The number of hydrogen-bond acceptors (Lipinski definition) is 7. The summed E-state index contributed by atoms with van der Waals surface area (Å²) in [5.41, 5.74) is 3.25. The molecule has 1 saturated heterocycles. The van der Waals surface area contributed by atoms with Gasteiger partial charge in [-0.25, -0.2) is 9.37 Å². The molecule has 2 aromatic rings. The monoisotopic (exact) mass is 569 g/mol. The molecule has 41 heavy (non-hydrogen) atoms. The van der Waals surface area contributed by atoms with E-state index in [4.69, 9.17) is 19.2 Å². The second-order valence-corrected chi connectivity index (χ2v) is 12.3. The van der Waals surface area contributed by atoms with Gasteiger partial charge in [-0.15, -0.1) is 0 Å². The Labute approximate surface area is 242 Å². The van der Waals surface area contributed by atoms with Gasteiger partial charge in [0.05, 0.1) is 19.8 Å². The minimum atomic E-state index is -1.41. The Morgan fingerprint density at radius 2 is 2.12 bits per heavy atom. The number of methoxy groups -OCH3 is 1. The highest BCUT2D eigenvalue weighted by Gasteiger charge is 2.39. The van der Waals surface area contributed by atoms with Crippen molar-refractivity contribution in [2.24, 2.45) is 5.92 Å². The Morgan fingerprint density at radius 1 is 1.29 bits per heavy atom. The maximum absolute atomic E-state index is 14.8. The van der Waals surface area contributed by atoms with Crippen molar-refractivity contribution < 1.29 is 28.5 Å². The number of unbranched alkanes of at least 4 members (excludes halogenated alkanes) is 1. The SMILES string of the molecule is COc1cc(CCCCO[C@@H]2CCN([C@H](C(=O)O)c3cc(C)cc4c3CC(C(C)(C)F)CO4)C2)nc2c1CCCN2. The molecule has 2 N–H and O–H groups in total.